The Morgan fingerprint density at radius 2 is 2.38 bits per heavy atom. The van der Waals surface area contributed by atoms with Gasteiger partial charge in [-0.05, 0) is 17.7 Å². The lowest BCUT2D eigenvalue weighted by Crippen LogP contribution is -2.22. The summed E-state index contributed by atoms with van der Waals surface area (Å²) in [5.74, 6) is -1.06. The van der Waals surface area contributed by atoms with E-state index < -0.39 is 17.9 Å². The van der Waals surface area contributed by atoms with Crippen molar-refractivity contribution >= 4 is 5.97 Å². The molecule has 0 radical (unpaired) electrons. The Hall–Kier alpha value is -1.62. The second-order valence-corrected chi connectivity index (χ2v) is 3.49. The maximum absolute atomic E-state index is 13.4. The fourth-order valence-electron chi connectivity index (χ4n) is 1.48. The van der Waals surface area contributed by atoms with Gasteiger partial charge in [0.2, 0.25) is 0 Å². The second kappa shape index (κ2) is 4.49. The van der Waals surface area contributed by atoms with Crippen molar-refractivity contribution in [2.24, 2.45) is 0 Å². The van der Waals surface area contributed by atoms with E-state index in [2.05, 4.69) is 0 Å². The standard InChI is InChI=1S/C11H11FO4/c12-8-5-7(6-13)1-2-9(8)16-10-3-4-15-11(10)14/h1-2,5,10,13H,3-4,6H2. The van der Waals surface area contributed by atoms with E-state index in [0.717, 1.165) is 0 Å². The molecule has 16 heavy (non-hydrogen) atoms. The zero-order valence-electron chi connectivity index (χ0n) is 8.48. The number of aliphatic hydroxyl groups is 1. The van der Waals surface area contributed by atoms with Gasteiger partial charge in [0, 0.05) is 6.42 Å². The maximum Gasteiger partial charge on any atom is 0.347 e. The van der Waals surface area contributed by atoms with Crippen LogP contribution < -0.4 is 4.74 Å². The number of rotatable bonds is 3. The molecule has 1 fully saturated rings. The molecule has 0 amide bonds. The minimum atomic E-state index is -0.727. The zero-order chi connectivity index (χ0) is 11.5. The molecule has 86 valence electrons. The van der Waals surface area contributed by atoms with Crippen molar-refractivity contribution in [1.29, 1.82) is 0 Å². The number of benzene rings is 1. The first-order valence-corrected chi connectivity index (χ1v) is 4.93. The quantitative estimate of drug-likeness (QED) is 0.781. The number of hydrogen-bond acceptors (Lipinski definition) is 4. The summed E-state index contributed by atoms with van der Waals surface area (Å²) in [5, 5.41) is 8.80. The van der Waals surface area contributed by atoms with Crippen molar-refractivity contribution in [3.8, 4) is 5.75 Å². The topological polar surface area (TPSA) is 55.8 Å². The molecule has 1 aliphatic rings. The van der Waals surface area contributed by atoms with E-state index in [1.54, 1.807) is 6.07 Å². The minimum absolute atomic E-state index is 0.000972. The summed E-state index contributed by atoms with van der Waals surface area (Å²) in [6.07, 6.45) is -0.297. The van der Waals surface area contributed by atoms with Gasteiger partial charge in [-0.1, -0.05) is 6.07 Å². The Morgan fingerprint density at radius 3 is 2.94 bits per heavy atom. The number of carbonyl (C=O) groups excluding carboxylic acids is 1. The van der Waals surface area contributed by atoms with Crippen molar-refractivity contribution in [2.45, 2.75) is 19.1 Å². The number of cyclic esters (lactones) is 1. The Balaban J connectivity index is 2.12. The van der Waals surface area contributed by atoms with Crippen molar-refractivity contribution in [3.63, 3.8) is 0 Å². The molecule has 0 aromatic heterocycles. The lowest BCUT2D eigenvalue weighted by molar-refractivity contribution is -0.143. The average Bonchev–Trinajstić information content (AvgIpc) is 2.67. The second-order valence-electron chi connectivity index (χ2n) is 3.49. The van der Waals surface area contributed by atoms with Gasteiger partial charge in [-0.25, -0.2) is 9.18 Å². The van der Waals surface area contributed by atoms with Gasteiger partial charge in [0.15, 0.2) is 17.7 Å². The van der Waals surface area contributed by atoms with E-state index in [4.69, 9.17) is 14.6 Å². The van der Waals surface area contributed by atoms with Crippen LogP contribution in [0.5, 0.6) is 5.75 Å². The SMILES string of the molecule is O=C1OCCC1Oc1ccc(CO)cc1F. The molecule has 1 aromatic carbocycles. The molecule has 1 N–H and O–H groups in total. The van der Waals surface area contributed by atoms with E-state index in [9.17, 15) is 9.18 Å². The van der Waals surface area contributed by atoms with Crippen LogP contribution in [0, 0.1) is 5.82 Å². The molecule has 0 bridgehead atoms. The van der Waals surface area contributed by atoms with Crippen LogP contribution >= 0.6 is 0 Å². The normalized spacial score (nSPS) is 19.6. The fraction of sp³-hybridized carbons (Fsp3) is 0.364. The largest absolute Gasteiger partial charge is 0.476 e. The summed E-state index contributed by atoms with van der Waals surface area (Å²) >= 11 is 0. The van der Waals surface area contributed by atoms with Crippen LogP contribution in [0.2, 0.25) is 0 Å². The summed E-state index contributed by atoms with van der Waals surface area (Å²) in [5.41, 5.74) is 0.457. The van der Waals surface area contributed by atoms with Crippen LogP contribution in [-0.4, -0.2) is 23.8 Å². The van der Waals surface area contributed by atoms with Gasteiger partial charge in [0.1, 0.15) is 0 Å². The van der Waals surface area contributed by atoms with Crippen LogP contribution in [0.4, 0.5) is 4.39 Å². The molecule has 1 unspecified atom stereocenters. The van der Waals surface area contributed by atoms with E-state index >= 15 is 0 Å². The first-order valence-electron chi connectivity index (χ1n) is 4.93. The Bertz CT molecular complexity index is 405. The van der Waals surface area contributed by atoms with Crippen LogP contribution in [0.1, 0.15) is 12.0 Å². The smallest absolute Gasteiger partial charge is 0.347 e. The Kier molecular flexibility index (Phi) is 3.05. The number of ether oxygens (including phenoxy) is 2. The summed E-state index contributed by atoms with van der Waals surface area (Å²) in [6.45, 7) is 0.0719. The summed E-state index contributed by atoms with van der Waals surface area (Å²) < 4.78 is 23.3. The molecular weight excluding hydrogens is 215 g/mol. The van der Waals surface area contributed by atoms with Crippen molar-refractivity contribution in [3.05, 3.63) is 29.6 Å². The van der Waals surface area contributed by atoms with Gasteiger partial charge in [-0.15, -0.1) is 0 Å². The third kappa shape index (κ3) is 2.14. The molecule has 2 rings (SSSR count). The number of hydrogen-bond donors (Lipinski definition) is 1. The molecule has 1 saturated heterocycles. The lowest BCUT2D eigenvalue weighted by atomic mass is 10.2. The molecular formula is C11H11FO4. The number of carbonyl (C=O) groups is 1. The molecule has 0 saturated carbocycles. The van der Waals surface area contributed by atoms with E-state index in [0.29, 0.717) is 18.6 Å². The number of halogens is 1. The highest BCUT2D eigenvalue weighted by molar-refractivity contribution is 5.76. The van der Waals surface area contributed by atoms with E-state index in [1.165, 1.54) is 12.1 Å². The van der Waals surface area contributed by atoms with E-state index in [1.807, 2.05) is 0 Å². The van der Waals surface area contributed by atoms with Crippen LogP contribution in [0.15, 0.2) is 18.2 Å². The molecule has 5 heteroatoms. The molecule has 0 aliphatic carbocycles. The summed E-state index contributed by atoms with van der Waals surface area (Å²) in [6, 6.07) is 4.11. The highest BCUT2D eigenvalue weighted by Crippen LogP contribution is 2.22. The average molecular weight is 226 g/mol. The van der Waals surface area contributed by atoms with Gasteiger partial charge >= 0.3 is 5.97 Å². The molecule has 1 aliphatic heterocycles. The highest BCUT2D eigenvalue weighted by Gasteiger charge is 2.29. The van der Waals surface area contributed by atoms with Crippen molar-refractivity contribution < 1.29 is 23.8 Å². The monoisotopic (exact) mass is 226 g/mol. The van der Waals surface area contributed by atoms with Gasteiger partial charge in [0.05, 0.1) is 13.2 Å². The van der Waals surface area contributed by atoms with Crippen LogP contribution in [0.25, 0.3) is 0 Å². The summed E-state index contributed by atoms with van der Waals surface area (Å²) in [4.78, 5) is 11.1. The maximum atomic E-state index is 13.4. The molecule has 1 atom stereocenters. The lowest BCUT2D eigenvalue weighted by Gasteiger charge is -2.11. The number of aliphatic hydroxyl groups excluding tert-OH is 1. The Labute approximate surface area is 91.6 Å². The van der Waals surface area contributed by atoms with Gasteiger partial charge < -0.3 is 14.6 Å². The molecule has 1 aromatic rings. The fourth-order valence-corrected chi connectivity index (χ4v) is 1.48. The Morgan fingerprint density at radius 1 is 1.56 bits per heavy atom. The van der Waals surface area contributed by atoms with Crippen molar-refractivity contribution in [1.82, 2.24) is 0 Å². The van der Waals surface area contributed by atoms with E-state index in [-0.39, 0.29) is 12.4 Å². The van der Waals surface area contributed by atoms with Crippen LogP contribution in [-0.2, 0) is 16.1 Å². The van der Waals surface area contributed by atoms with Crippen molar-refractivity contribution in [2.75, 3.05) is 6.61 Å². The van der Waals surface area contributed by atoms with Gasteiger partial charge in [-0.3, -0.25) is 0 Å². The predicted molar refractivity (Wildman–Crippen MR) is 52.3 cm³/mol. The van der Waals surface area contributed by atoms with Gasteiger partial charge in [-0.2, -0.15) is 0 Å². The predicted octanol–water partition coefficient (Wildman–Crippen LogP) is 1.01. The van der Waals surface area contributed by atoms with Crippen LogP contribution in [0.3, 0.4) is 0 Å². The molecule has 1 heterocycles. The third-order valence-corrected chi connectivity index (χ3v) is 2.34. The minimum Gasteiger partial charge on any atom is -0.476 e. The molecule has 0 spiro atoms. The van der Waals surface area contributed by atoms with Gasteiger partial charge in [0.25, 0.3) is 0 Å². The highest BCUT2D eigenvalue weighted by atomic mass is 19.1. The number of esters is 1. The first kappa shape index (κ1) is 10.9. The summed E-state index contributed by atoms with van der Waals surface area (Å²) in [7, 11) is 0. The molecule has 4 nitrogen and oxygen atoms in total. The zero-order valence-corrected chi connectivity index (χ0v) is 8.48. The third-order valence-electron chi connectivity index (χ3n) is 2.34. The first-order chi connectivity index (χ1) is 7.70.